The summed E-state index contributed by atoms with van der Waals surface area (Å²) in [6, 6.07) is 10.8. The predicted octanol–water partition coefficient (Wildman–Crippen LogP) is 4.04. The Morgan fingerprint density at radius 2 is 1.11 bits per heavy atom. The van der Waals surface area contributed by atoms with Crippen LogP contribution in [0, 0.1) is 13.8 Å². The van der Waals surface area contributed by atoms with Crippen LogP contribution in [-0.2, 0) is 5.41 Å². The summed E-state index contributed by atoms with van der Waals surface area (Å²) < 4.78 is 0. The van der Waals surface area contributed by atoms with Gasteiger partial charge in [0, 0.05) is 5.41 Å². The lowest BCUT2D eigenvalue weighted by molar-refractivity contribution is 0.469. The maximum absolute atomic E-state index is 9.72. The average molecular weight is 256 g/mol. The van der Waals surface area contributed by atoms with Gasteiger partial charge in [-0.05, 0) is 60.4 Å². The molecule has 19 heavy (non-hydrogen) atoms. The van der Waals surface area contributed by atoms with E-state index < -0.39 is 0 Å². The molecule has 0 aliphatic heterocycles. The first-order chi connectivity index (χ1) is 8.82. The number of phenolic OH excluding ortho intramolecular Hbond substituents is 2. The molecule has 2 N–H and O–H groups in total. The van der Waals surface area contributed by atoms with Gasteiger partial charge in [0.1, 0.15) is 11.5 Å². The van der Waals surface area contributed by atoms with Crippen molar-refractivity contribution in [3.8, 4) is 11.5 Å². The molecule has 0 saturated carbocycles. The number of aromatic hydroxyl groups is 2. The van der Waals surface area contributed by atoms with E-state index in [4.69, 9.17) is 0 Å². The Balaban J connectivity index is 2.64. The Morgan fingerprint density at radius 1 is 0.737 bits per heavy atom. The highest BCUT2D eigenvalue weighted by atomic mass is 16.3. The molecular weight excluding hydrogens is 236 g/mol. The summed E-state index contributed by atoms with van der Waals surface area (Å²) in [5.74, 6) is 0.540. The molecule has 2 heteroatoms. The summed E-state index contributed by atoms with van der Waals surface area (Å²) in [6.45, 7) is 8.29. The molecule has 0 radical (unpaired) electrons. The van der Waals surface area contributed by atoms with Gasteiger partial charge >= 0.3 is 0 Å². The Kier molecular flexibility index (Phi) is 3.27. The van der Waals surface area contributed by atoms with Crippen LogP contribution in [0.5, 0.6) is 11.5 Å². The molecule has 0 saturated heterocycles. The Hall–Kier alpha value is -1.96. The number of benzene rings is 2. The smallest absolute Gasteiger partial charge is 0.115 e. The molecule has 2 aromatic carbocycles. The van der Waals surface area contributed by atoms with Crippen molar-refractivity contribution in [2.45, 2.75) is 33.1 Å². The van der Waals surface area contributed by atoms with Gasteiger partial charge in [-0.1, -0.05) is 26.0 Å². The lowest BCUT2D eigenvalue weighted by Gasteiger charge is -2.29. The van der Waals surface area contributed by atoms with E-state index >= 15 is 0 Å². The predicted molar refractivity (Wildman–Crippen MR) is 77.8 cm³/mol. The molecule has 0 unspecified atom stereocenters. The zero-order valence-corrected chi connectivity index (χ0v) is 11.9. The number of aryl methyl sites for hydroxylation is 2. The second-order valence-corrected chi connectivity index (χ2v) is 5.62. The molecule has 0 bridgehead atoms. The lowest BCUT2D eigenvalue weighted by Crippen LogP contribution is -2.21. The summed E-state index contributed by atoms with van der Waals surface area (Å²) >= 11 is 0. The fraction of sp³-hybridized carbons (Fsp3) is 0.294. The zero-order valence-electron chi connectivity index (χ0n) is 11.9. The Labute approximate surface area is 114 Å². The first-order valence-electron chi connectivity index (χ1n) is 6.42. The Morgan fingerprint density at radius 3 is 1.47 bits per heavy atom. The van der Waals surface area contributed by atoms with E-state index in [0.717, 1.165) is 22.3 Å². The van der Waals surface area contributed by atoms with Crippen LogP contribution in [0.1, 0.15) is 36.1 Å². The van der Waals surface area contributed by atoms with E-state index in [1.165, 1.54) is 0 Å². The molecule has 0 aliphatic rings. The molecular formula is C17H20O2. The highest BCUT2D eigenvalue weighted by Gasteiger charge is 2.27. The van der Waals surface area contributed by atoms with Gasteiger partial charge in [0.2, 0.25) is 0 Å². The third-order valence-electron chi connectivity index (χ3n) is 3.79. The van der Waals surface area contributed by atoms with Crippen LogP contribution in [0.15, 0.2) is 36.4 Å². The second kappa shape index (κ2) is 4.61. The van der Waals surface area contributed by atoms with Crippen molar-refractivity contribution in [2.24, 2.45) is 0 Å². The topological polar surface area (TPSA) is 40.5 Å². The quantitative estimate of drug-likeness (QED) is 0.851. The van der Waals surface area contributed by atoms with Gasteiger partial charge in [-0.25, -0.2) is 0 Å². The molecule has 0 spiro atoms. The largest absolute Gasteiger partial charge is 0.508 e. The molecule has 2 rings (SSSR count). The number of phenols is 2. The van der Waals surface area contributed by atoms with Gasteiger partial charge in [-0.3, -0.25) is 0 Å². The maximum atomic E-state index is 9.72. The second-order valence-electron chi connectivity index (χ2n) is 5.62. The van der Waals surface area contributed by atoms with E-state index in [0.29, 0.717) is 0 Å². The minimum Gasteiger partial charge on any atom is -0.508 e. The number of hydrogen-bond acceptors (Lipinski definition) is 2. The zero-order chi connectivity index (χ0) is 14.2. The summed E-state index contributed by atoms with van der Waals surface area (Å²) in [7, 11) is 0. The van der Waals surface area contributed by atoms with Crippen LogP contribution in [0.2, 0.25) is 0 Å². The monoisotopic (exact) mass is 256 g/mol. The van der Waals surface area contributed by atoms with E-state index in [2.05, 4.69) is 13.8 Å². The first-order valence-corrected chi connectivity index (χ1v) is 6.42. The summed E-state index contributed by atoms with van der Waals surface area (Å²) in [5.41, 5.74) is 4.13. The first kappa shape index (κ1) is 13.5. The van der Waals surface area contributed by atoms with Crippen LogP contribution in [0.3, 0.4) is 0 Å². The number of hydrogen-bond donors (Lipinski definition) is 2. The molecule has 0 heterocycles. The molecule has 0 aliphatic carbocycles. The summed E-state index contributed by atoms with van der Waals surface area (Å²) in [5, 5.41) is 19.4. The van der Waals surface area contributed by atoms with Crippen LogP contribution in [0.4, 0.5) is 0 Å². The maximum Gasteiger partial charge on any atom is 0.115 e. The van der Waals surface area contributed by atoms with Crippen molar-refractivity contribution < 1.29 is 10.2 Å². The molecule has 2 aromatic rings. The van der Waals surface area contributed by atoms with Crippen molar-refractivity contribution >= 4 is 0 Å². The third kappa shape index (κ3) is 2.43. The van der Waals surface area contributed by atoms with Gasteiger partial charge in [0.25, 0.3) is 0 Å². The SMILES string of the molecule is Cc1ccc(O)cc1C(C)(C)c1cc(O)ccc1C. The van der Waals surface area contributed by atoms with Crippen LogP contribution < -0.4 is 0 Å². The fourth-order valence-corrected chi connectivity index (χ4v) is 2.71. The van der Waals surface area contributed by atoms with Crippen LogP contribution >= 0.6 is 0 Å². The molecule has 0 aromatic heterocycles. The van der Waals surface area contributed by atoms with E-state index in [-0.39, 0.29) is 16.9 Å². The Bertz CT molecular complexity index is 559. The van der Waals surface area contributed by atoms with Gasteiger partial charge in [0.05, 0.1) is 0 Å². The van der Waals surface area contributed by atoms with Crippen molar-refractivity contribution in [1.29, 1.82) is 0 Å². The van der Waals surface area contributed by atoms with Crippen molar-refractivity contribution in [3.05, 3.63) is 58.7 Å². The molecule has 2 nitrogen and oxygen atoms in total. The van der Waals surface area contributed by atoms with E-state index in [9.17, 15) is 10.2 Å². The lowest BCUT2D eigenvalue weighted by atomic mass is 9.74. The third-order valence-corrected chi connectivity index (χ3v) is 3.79. The molecule has 0 fully saturated rings. The van der Waals surface area contributed by atoms with Crippen LogP contribution in [-0.4, -0.2) is 10.2 Å². The van der Waals surface area contributed by atoms with Gasteiger partial charge in [-0.2, -0.15) is 0 Å². The number of rotatable bonds is 2. The highest BCUT2D eigenvalue weighted by Crippen LogP contribution is 2.38. The van der Waals surface area contributed by atoms with Crippen molar-refractivity contribution in [1.82, 2.24) is 0 Å². The van der Waals surface area contributed by atoms with E-state index in [1.807, 2.05) is 26.0 Å². The molecule has 100 valence electrons. The summed E-state index contributed by atoms with van der Waals surface area (Å²) in [6.07, 6.45) is 0. The molecule has 0 amide bonds. The minimum atomic E-state index is -0.272. The average Bonchev–Trinajstić information content (AvgIpc) is 2.35. The molecule has 0 atom stereocenters. The van der Waals surface area contributed by atoms with Crippen molar-refractivity contribution in [3.63, 3.8) is 0 Å². The normalized spacial score (nSPS) is 11.6. The van der Waals surface area contributed by atoms with E-state index in [1.54, 1.807) is 24.3 Å². The standard InChI is InChI=1S/C17H20O2/c1-11-5-7-13(18)9-15(11)17(3,4)16-10-14(19)8-6-12(16)2/h5-10,18-19H,1-4H3. The fourth-order valence-electron chi connectivity index (χ4n) is 2.71. The highest BCUT2D eigenvalue weighted by molar-refractivity contribution is 5.49. The van der Waals surface area contributed by atoms with Crippen LogP contribution in [0.25, 0.3) is 0 Å². The summed E-state index contributed by atoms with van der Waals surface area (Å²) in [4.78, 5) is 0. The minimum absolute atomic E-state index is 0.270. The van der Waals surface area contributed by atoms with Gasteiger partial charge in [-0.15, -0.1) is 0 Å². The van der Waals surface area contributed by atoms with Gasteiger partial charge < -0.3 is 10.2 Å². The van der Waals surface area contributed by atoms with Crippen molar-refractivity contribution in [2.75, 3.05) is 0 Å². The van der Waals surface area contributed by atoms with Gasteiger partial charge in [0.15, 0.2) is 0 Å².